The van der Waals surface area contributed by atoms with E-state index in [2.05, 4.69) is 15.1 Å². The Bertz CT molecular complexity index is 885. The zero-order valence-electron chi connectivity index (χ0n) is 13.3. The summed E-state index contributed by atoms with van der Waals surface area (Å²) in [7, 11) is 0. The van der Waals surface area contributed by atoms with E-state index in [1.807, 2.05) is 11.0 Å². The molecule has 1 aliphatic heterocycles. The van der Waals surface area contributed by atoms with Gasteiger partial charge in [-0.05, 0) is 30.2 Å². The van der Waals surface area contributed by atoms with E-state index in [1.54, 1.807) is 35.3 Å². The highest BCUT2D eigenvalue weighted by molar-refractivity contribution is 5.51. The molecule has 3 heterocycles. The summed E-state index contributed by atoms with van der Waals surface area (Å²) in [6, 6.07) is 9.74. The summed E-state index contributed by atoms with van der Waals surface area (Å²) in [5, 5.41) is 14.3. The summed E-state index contributed by atoms with van der Waals surface area (Å²) in [4.78, 5) is 10.4. The van der Waals surface area contributed by atoms with Crippen LogP contribution in [0.4, 0.5) is 16.2 Å². The molecule has 25 heavy (non-hydrogen) atoms. The van der Waals surface area contributed by atoms with Crippen molar-refractivity contribution < 1.29 is 9.50 Å². The summed E-state index contributed by atoms with van der Waals surface area (Å²) in [5.74, 6) is 0.913. The number of aromatic nitrogens is 4. The van der Waals surface area contributed by atoms with Gasteiger partial charge in [0.1, 0.15) is 11.6 Å². The van der Waals surface area contributed by atoms with Crippen LogP contribution in [0.15, 0.2) is 48.8 Å². The molecule has 0 amide bonds. The number of nitrogen functional groups attached to an aromatic ring is 1. The van der Waals surface area contributed by atoms with Crippen LogP contribution in [0.5, 0.6) is 0 Å². The van der Waals surface area contributed by atoms with Gasteiger partial charge < -0.3 is 15.7 Å². The van der Waals surface area contributed by atoms with Gasteiger partial charge in [0, 0.05) is 25.0 Å². The minimum Gasteiger partial charge on any atom is -0.391 e. The summed E-state index contributed by atoms with van der Waals surface area (Å²) in [5.41, 5.74) is 6.65. The van der Waals surface area contributed by atoms with Crippen LogP contribution < -0.4 is 10.6 Å². The number of rotatable bonds is 3. The van der Waals surface area contributed by atoms with Crippen molar-refractivity contribution in [3.05, 3.63) is 60.2 Å². The molecule has 0 unspecified atom stereocenters. The quantitative estimate of drug-likeness (QED) is 0.754. The highest BCUT2D eigenvalue weighted by Crippen LogP contribution is 2.36. The van der Waals surface area contributed by atoms with Gasteiger partial charge in [-0.15, -0.1) is 0 Å². The summed E-state index contributed by atoms with van der Waals surface area (Å²) < 4.78 is 15.2. The predicted octanol–water partition coefficient (Wildman–Crippen LogP) is 1.70. The third-order valence-electron chi connectivity index (χ3n) is 4.26. The van der Waals surface area contributed by atoms with Crippen LogP contribution in [0.1, 0.15) is 18.0 Å². The predicted molar refractivity (Wildman–Crippen MR) is 90.7 cm³/mol. The average molecular weight is 340 g/mol. The Balaban J connectivity index is 1.74. The van der Waals surface area contributed by atoms with Crippen molar-refractivity contribution in [3.8, 4) is 5.82 Å². The van der Waals surface area contributed by atoms with E-state index in [9.17, 15) is 9.50 Å². The molecule has 2 aromatic heterocycles. The summed E-state index contributed by atoms with van der Waals surface area (Å²) in [6.45, 7) is 0.385. The Morgan fingerprint density at radius 3 is 2.76 bits per heavy atom. The molecule has 2 atom stereocenters. The molecule has 1 fully saturated rings. The lowest BCUT2D eigenvalue weighted by Crippen LogP contribution is -2.26. The second-order valence-electron chi connectivity index (χ2n) is 6.01. The Hall–Kier alpha value is -3.00. The Morgan fingerprint density at radius 2 is 2.00 bits per heavy atom. The highest BCUT2D eigenvalue weighted by atomic mass is 19.1. The van der Waals surface area contributed by atoms with Gasteiger partial charge in [0.2, 0.25) is 5.95 Å². The molecule has 0 aliphatic carbocycles. The molecule has 7 nitrogen and oxygen atoms in total. The lowest BCUT2D eigenvalue weighted by Gasteiger charge is -2.26. The number of nitrogens with zero attached hydrogens (tertiary/aromatic N) is 5. The fourth-order valence-corrected chi connectivity index (χ4v) is 3.21. The van der Waals surface area contributed by atoms with Crippen molar-refractivity contribution in [1.29, 1.82) is 0 Å². The van der Waals surface area contributed by atoms with Crippen LogP contribution >= 0.6 is 0 Å². The third kappa shape index (κ3) is 3.03. The Morgan fingerprint density at radius 1 is 1.16 bits per heavy atom. The van der Waals surface area contributed by atoms with Crippen molar-refractivity contribution in [1.82, 2.24) is 19.7 Å². The van der Waals surface area contributed by atoms with Gasteiger partial charge in [-0.2, -0.15) is 15.1 Å². The smallest absolute Gasteiger partial charge is 0.224 e. The molecular weight excluding hydrogens is 323 g/mol. The molecule has 1 aliphatic rings. The van der Waals surface area contributed by atoms with Gasteiger partial charge in [0.25, 0.3) is 0 Å². The normalized spacial score (nSPS) is 20.2. The number of hydrogen-bond donors (Lipinski definition) is 2. The maximum atomic E-state index is 13.6. The maximum Gasteiger partial charge on any atom is 0.224 e. The van der Waals surface area contributed by atoms with Crippen molar-refractivity contribution in [3.63, 3.8) is 0 Å². The second-order valence-corrected chi connectivity index (χ2v) is 6.01. The molecule has 1 aromatic carbocycles. The summed E-state index contributed by atoms with van der Waals surface area (Å²) >= 11 is 0. The fourth-order valence-electron chi connectivity index (χ4n) is 3.21. The van der Waals surface area contributed by atoms with Crippen LogP contribution in [0.3, 0.4) is 0 Å². The van der Waals surface area contributed by atoms with E-state index < -0.39 is 6.10 Å². The van der Waals surface area contributed by atoms with E-state index in [0.717, 1.165) is 5.56 Å². The molecule has 0 saturated carbocycles. The van der Waals surface area contributed by atoms with Gasteiger partial charge in [-0.3, -0.25) is 0 Å². The SMILES string of the molecule is Nc1nc(N2C[C@H](O)C[C@@H]2c2cccc(F)c2)cc(-n2cccn2)n1. The Kier molecular flexibility index (Phi) is 3.81. The van der Waals surface area contributed by atoms with Gasteiger partial charge in [-0.25, -0.2) is 9.07 Å². The number of nitrogens with two attached hydrogens (primary N) is 1. The number of aliphatic hydroxyl groups excluding tert-OH is 1. The average Bonchev–Trinajstić information content (AvgIpc) is 3.24. The molecule has 8 heteroatoms. The lowest BCUT2D eigenvalue weighted by atomic mass is 10.0. The lowest BCUT2D eigenvalue weighted by molar-refractivity contribution is 0.194. The third-order valence-corrected chi connectivity index (χ3v) is 4.26. The van der Waals surface area contributed by atoms with Crippen molar-refractivity contribution in [2.45, 2.75) is 18.6 Å². The molecule has 1 saturated heterocycles. The number of halogens is 1. The standard InChI is InChI=1S/C17H17FN6O/c18-12-4-1-3-11(7-12)14-8-13(25)10-23(14)15-9-16(22-17(19)21-15)24-6-2-5-20-24/h1-7,9,13-14,25H,8,10H2,(H2,19,21,22)/t13-,14-/m1/s1. The molecule has 128 valence electrons. The van der Waals surface area contributed by atoms with Crippen LogP contribution in [0.2, 0.25) is 0 Å². The van der Waals surface area contributed by atoms with E-state index in [1.165, 1.54) is 12.1 Å². The largest absolute Gasteiger partial charge is 0.391 e. The van der Waals surface area contributed by atoms with Crippen molar-refractivity contribution in [2.24, 2.45) is 0 Å². The van der Waals surface area contributed by atoms with E-state index in [0.29, 0.717) is 24.6 Å². The van der Waals surface area contributed by atoms with Gasteiger partial charge in [0.05, 0.1) is 12.1 Å². The molecular formula is C17H17FN6O. The van der Waals surface area contributed by atoms with Crippen LogP contribution in [0, 0.1) is 5.82 Å². The van der Waals surface area contributed by atoms with Crippen LogP contribution in [-0.4, -0.2) is 37.5 Å². The number of β-amino-alcohol motifs (C(OH)–C–C–N with tert-alkyl or cyclic N) is 1. The zero-order valence-corrected chi connectivity index (χ0v) is 13.3. The molecule has 3 N–H and O–H groups in total. The van der Waals surface area contributed by atoms with Crippen LogP contribution in [-0.2, 0) is 0 Å². The van der Waals surface area contributed by atoms with Crippen LogP contribution in [0.25, 0.3) is 5.82 Å². The van der Waals surface area contributed by atoms with Gasteiger partial charge >= 0.3 is 0 Å². The minimum atomic E-state index is -0.530. The first-order valence-corrected chi connectivity index (χ1v) is 7.95. The highest BCUT2D eigenvalue weighted by Gasteiger charge is 2.33. The molecule has 4 rings (SSSR count). The maximum absolute atomic E-state index is 13.6. The van der Waals surface area contributed by atoms with E-state index in [-0.39, 0.29) is 17.8 Å². The minimum absolute atomic E-state index is 0.113. The first-order valence-electron chi connectivity index (χ1n) is 7.95. The van der Waals surface area contributed by atoms with Gasteiger partial charge in [-0.1, -0.05) is 12.1 Å². The molecule has 3 aromatic rings. The first kappa shape index (κ1) is 15.5. The molecule has 0 bridgehead atoms. The molecule has 0 spiro atoms. The van der Waals surface area contributed by atoms with Crippen molar-refractivity contribution in [2.75, 3.05) is 17.2 Å². The second kappa shape index (κ2) is 6.14. The Labute approximate surface area is 143 Å². The van der Waals surface area contributed by atoms with Crippen molar-refractivity contribution >= 4 is 11.8 Å². The number of anilines is 2. The number of aliphatic hydroxyl groups is 1. The topological polar surface area (TPSA) is 93.1 Å². The number of benzene rings is 1. The monoisotopic (exact) mass is 340 g/mol. The van der Waals surface area contributed by atoms with E-state index >= 15 is 0 Å². The first-order chi connectivity index (χ1) is 12.1. The zero-order chi connectivity index (χ0) is 17.4. The summed E-state index contributed by atoms with van der Waals surface area (Å²) in [6.07, 6.45) is 3.36. The van der Waals surface area contributed by atoms with Gasteiger partial charge in [0.15, 0.2) is 5.82 Å². The fraction of sp³-hybridized carbons (Fsp3) is 0.235. The van der Waals surface area contributed by atoms with E-state index in [4.69, 9.17) is 5.73 Å². The molecule has 0 radical (unpaired) electrons. The number of hydrogen-bond acceptors (Lipinski definition) is 6.